The number of hydrazine groups is 1. The first kappa shape index (κ1) is 47.3. The number of hydrogen-bond donors (Lipinski definition) is 4. The quantitative estimate of drug-likeness (QED) is 0.128. The zero-order valence-corrected chi connectivity index (χ0v) is 39.3. The number of carbonyl (C=O) groups excluding carboxylic acids is 5. The second kappa shape index (κ2) is 19.0. The Bertz CT molecular complexity index is 2480. The van der Waals surface area contributed by atoms with Crippen LogP contribution in [0.25, 0.3) is 33.4 Å². The number of amides is 5. The number of ether oxygens (including phenoxy) is 2. The van der Waals surface area contributed by atoms with E-state index >= 15 is 0 Å². The van der Waals surface area contributed by atoms with Crippen LogP contribution in [0.4, 0.5) is 4.79 Å². The summed E-state index contributed by atoms with van der Waals surface area (Å²) in [6.07, 6.45) is 3.36. The summed E-state index contributed by atoms with van der Waals surface area (Å²) in [6.45, 7) is 16.5. The maximum atomic E-state index is 14.6. The molecule has 4 N–H and O–H groups in total. The van der Waals surface area contributed by atoms with Crippen molar-refractivity contribution < 1.29 is 38.6 Å². The second-order valence-corrected chi connectivity index (χ2v) is 19.3. The number of esters is 1. The fraction of sp³-hybridized carbons (Fsp3) is 0.511. The van der Waals surface area contributed by atoms with Crippen LogP contribution in [0.15, 0.2) is 54.6 Å². The summed E-state index contributed by atoms with van der Waals surface area (Å²) in [5.74, 6) is -2.78. The molecule has 4 aromatic rings. The Hall–Kier alpha value is -5.69. The van der Waals surface area contributed by atoms with Crippen LogP contribution < -0.4 is 16.1 Å². The number of thiazole rings is 1. The van der Waals surface area contributed by atoms with E-state index in [1.165, 1.54) is 39.3 Å². The van der Waals surface area contributed by atoms with Gasteiger partial charge >= 0.3 is 12.0 Å². The number of likely N-dealkylation sites (tertiary alicyclic amines) is 1. The van der Waals surface area contributed by atoms with Crippen molar-refractivity contribution in [2.45, 2.75) is 104 Å². The van der Waals surface area contributed by atoms with E-state index in [0.717, 1.165) is 39.0 Å². The van der Waals surface area contributed by atoms with Crippen molar-refractivity contribution in [2.24, 2.45) is 11.3 Å². The lowest BCUT2D eigenvalue weighted by Gasteiger charge is -2.43. The average molecular weight is 912 g/mol. The van der Waals surface area contributed by atoms with Crippen molar-refractivity contribution in [1.82, 2.24) is 45.4 Å². The molecule has 65 heavy (non-hydrogen) atoms. The Labute approximate surface area is 383 Å². The zero-order chi connectivity index (χ0) is 47.0. The first-order valence-corrected chi connectivity index (χ1v) is 23.1. The summed E-state index contributed by atoms with van der Waals surface area (Å²) in [7, 11) is 3.20. The van der Waals surface area contributed by atoms with Gasteiger partial charge in [-0.2, -0.15) is 5.43 Å². The number of methoxy groups -OCH3 is 1. The average Bonchev–Trinajstić information content (AvgIpc) is 3.86. The molecular weight excluding hydrogens is 851 g/mol. The number of nitrogens with one attached hydrogen (secondary N) is 3. The molecule has 1 aromatic carbocycles. The molecule has 0 radical (unpaired) electrons. The second-order valence-electron chi connectivity index (χ2n) is 18.4. The van der Waals surface area contributed by atoms with Crippen LogP contribution in [0.2, 0.25) is 0 Å². The summed E-state index contributed by atoms with van der Waals surface area (Å²) in [4.78, 5) is 81.0. The van der Waals surface area contributed by atoms with E-state index < -0.39 is 47.0 Å². The Morgan fingerprint density at radius 1 is 1.17 bits per heavy atom. The highest BCUT2D eigenvalue weighted by atomic mass is 32.1. The van der Waals surface area contributed by atoms with Gasteiger partial charge in [0.15, 0.2) is 0 Å². The molecular formula is C47H61N9O8S. The van der Waals surface area contributed by atoms with Gasteiger partial charge in [-0.3, -0.25) is 24.4 Å². The number of carbonyl (C=O) groups is 5. The smallest absolute Gasteiger partial charge is 0.355 e. The van der Waals surface area contributed by atoms with Crippen LogP contribution in [-0.2, 0) is 48.0 Å². The fourth-order valence-corrected chi connectivity index (χ4v) is 9.96. The Morgan fingerprint density at radius 3 is 2.62 bits per heavy atom. The van der Waals surface area contributed by atoms with E-state index in [0.29, 0.717) is 23.7 Å². The largest absolute Gasteiger partial charge is 0.462 e. The van der Waals surface area contributed by atoms with Crippen molar-refractivity contribution >= 4 is 52.0 Å². The number of likely N-dealkylation sites (N-methyl/N-ethyl adjacent to an activating group) is 1. The predicted octanol–water partition coefficient (Wildman–Crippen LogP) is 4.59. The van der Waals surface area contributed by atoms with Gasteiger partial charge in [-0.1, -0.05) is 40.3 Å². The number of nitrogens with zero attached hydrogens (tertiary/aromatic N) is 6. The minimum absolute atomic E-state index is 0.0156. The molecule has 0 unspecified atom stereocenters. The van der Waals surface area contributed by atoms with Gasteiger partial charge in [-0.25, -0.2) is 14.6 Å². The van der Waals surface area contributed by atoms with E-state index in [4.69, 9.17) is 19.4 Å². The maximum Gasteiger partial charge on any atom is 0.355 e. The van der Waals surface area contributed by atoms with E-state index in [1.54, 1.807) is 13.3 Å². The zero-order valence-electron chi connectivity index (χ0n) is 38.5. The third-order valence-corrected chi connectivity index (χ3v) is 13.4. The lowest BCUT2D eigenvalue weighted by Crippen LogP contribution is -2.68. The summed E-state index contributed by atoms with van der Waals surface area (Å²) < 4.78 is 14.0. The molecule has 3 aliphatic rings. The van der Waals surface area contributed by atoms with Crippen LogP contribution >= 0.6 is 11.3 Å². The number of hydrogen-bond acceptors (Lipinski definition) is 12. The third kappa shape index (κ3) is 9.67. The molecule has 2 saturated heterocycles. The number of fused-ring (bicyclic) bond motifs is 6. The molecule has 0 aliphatic carbocycles. The fourth-order valence-electron chi connectivity index (χ4n) is 9.11. The molecule has 348 valence electrons. The van der Waals surface area contributed by atoms with Gasteiger partial charge in [0.1, 0.15) is 12.1 Å². The van der Waals surface area contributed by atoms with Gasteiger partial charge in [0.25, 0.3) is 5.91 Å². The summed E-state index contributed by atoms with van der Waals surface area (Å²) in [5, 5.41) is 22.2. The van der Waals surface area contributed by atoms with Crippen molar-refractivity contribution in [3.05, 3.63) is 70.8 Å². The summed E-state index contributed by atoms with van der Waals surface area (Å²) in [5.41, 5.74) is 6.18. The molecule has 6 bridgehead atoms. The molecule has 3 aromatic heterocycles. The Morgan fingerprint density at radius 2 is 1.92 bits per heavy atom. The molecule has 5 amide bonds. The molecule has 6 heterocycles. The van der Waals surface area contributed by atoms with E-state index in [9.17, 15) is 29.1 Å². The van der Waals surface area contributed by atoms with E-state index in [1.807, 2.05) is 52.1 Å². The number of rotatable bonds is 10. The molecule has 0 saturated carbocycles. The minimum atomic E-state index is -2.23. The van der Waals surface area contributed by atoms with Gasteiger partial charge in [0.2, 0.25) is 17.5 Å². The highest BCUT2D eigenvalue weighted by Gasteiger charge is 2.46. The van der Waals surface area contributed by atoms with Gasteiger partial charge in [0.05, 0.1) is 40.8 Å². The molecule has 0 spiro atoms. The normalized spacial score (nSPS) is 21.2. The number of urea groups is 1. The van der Waals surface area contributed by atoms with Crippen LogP contribution in [0, 0.1) is 11.3 Å². The van der Waals surface area contributed by atoms with Gasteiger partial charge in [-0.05, 0) is 68.5 Å². The van der Waals surface area contributed by atoms with Crippen molar-refractivity contribution in [1.29, 1.82) is 0 Å². The van der Waals surface area contributed by atoms with E-state index in [2.05, 4.69) is 52.3 Å². The molecule has 2 fully saturated rings. The molecule has 18 heteroatoms. The van der Waals surface area contributed by atoms with Crippen molar-refractivity contribution in [3.63, 3.8) is 0 Å². The first-order valence-electron chi connectivity index (χ1n) is 22.2. The van der Waals surface area contributed by atoms with E-state index in [-0.39, 0.29) is 69.5 Å². The number of cyclic esters (lactones) is 1. The highest BCUT2D eigenvalue weighted by molar-refractivity contribution is 7.10. The Balaban J connectivity index is 1.27. The summed E-state index contributed by atoms with van der Waals surface area (Å²) >= 11 is 1.35. The number of aliphatic hydroxyl groups is 1. The van der Waals surface area contributed by atoms with Crippen LogP contribution in [-0.4, -0.2) is 128 Å². The van der Waals surface area contributed by atoms with Crippen LogP contribution in [0.5, 0.6) is 0 Å². The van der Waals surface area contributed by atoms with Gasteiger partial charge in [-0.15, -0.1) is 11.3 Å². The topological polar surface area (TPSA) is 201 Å². The Kier molecular flexibility index (Phi) is 13.8. The van der Waals surface area contributed by atoms with Gasteiger partial charge in [0, 0.05) is 92.2 Å². The maximum absolute atomic E-state index is 14.6. The molecule has 3 aliphatic heterocycles. The monoisotopic (exact) mass is 911 g/mol. The first-order chi connectivity index (χ1) is 30.9. The molecule has 7 rings (SSSR count). The highest BCUT2D eigenvalue weighted by Crippen LogP contribution is 2.42. The van der Waals surface area contributed by atoms with Gasteiger partial charge < -0.3 is 39.6 Å². The molecule has 4 atom stereocenters. The minimum Gasteiger partial charge on any atom is -0.462 e. The molecule has 17 nitrogen and oxygen atoms in total. The lowest BCUT2D eigenvalue weighted by molar-refractivity contribution is -0.189. The number of benzene rings is 1. The van der Waals surface area contributed by atoms with Crippen molar-refractivity contribution in [3.8, 4) is 22.5 Å². The number of pyridine rings is 1. The lowest BCUT2D eigenvalue weighted by atomic mass is 9.84. The number of aromatic nitrogens is 3. The van der Waals surface area contributed by atoms with Crippen LogP contribution in [0.1, 0.15) is 76.8 Å². The standard InChI is InChI=1S/C47H61N9O8S/c1-10-37(57)49-30-23-54(24-30)45(61)53(8)40(27(3)4)42(58)51-34-21-38-50-35(25-65-38)29-15-16-36-32(20-29)33(41(55(36)11-2)31-14-12-18-48-39(31)28(5)63-9)22-46(6,7)26-64-44(60)47(62)17-13-19-56(52-47)43(34)59/h10,12,14-16,18,20,25,27-28,30,34,40,52,62H,1,11,13,17,19,21-24,26H2,2-9H3,(H,49,57)(H,51,58)/t28-,34-,40-,47-/m0/s1. The van der Waals surface area contributed by atoms with Crippen molar-refractivity contribution in [2.75, 3.05) is 40.4 Å². The third-order valence-electron chi connectivity index (χ3n) is 12.6. The number of aryl methyl sites for hydroxylation is 1. The SMILES string of the molecule is C=CC(=O)NC1CN(C(=O)N(C)[C@H](C(=O)N[C@H]2Cc3nc(cs3)-c3ccc4c(c3)c(c(-c3cccnc3[C@H](C)OC)n4CC)CC(C)(C)COC(=O)[C@@]3(O)CCCN(N3)C2=O)C(C)C)C1. The predicted molar refractivity (Wildman–Crippen MR) is 246 cm³/mol. The van der Waals surface area contributed by atoms with Crippen LogP contribution in [0.3, 0.4) is 0 Å². The summed E-state index contributed by atoms with van der Waals surface area (Å²) in [6, 6.07) is 7.39.